The fourth-order valence-corrected chi connectivity index (χ4v) is 1.75. The molecular formula is C12H17NO2. The van der Waals surface area contributed by atoms with E-state index in [1.807, 2.05) is 12.1 Å². The fourth-order valence-electron chi connectivity index (χ4n) is 1.75. The summed E-state index contributed by atoms with van der Waals surface area (Å²) in [5.41, 5.74) is 2.52. The summed E-state index contributed by atoms with van der Waals surface area (Å²) in [7, 11) is 0. The first-order valence-corrected chi connectivity index (χ1v) is 5.43. The molecule has 82 valence electrons. The molecule has 1 aliphatic rings. The zero-order valence-corrected chi connectivity index (χ0v) is 8.99. The van der Waals surface area contributed by atoms with Gasteiger partial charge in [0.05, 0.1) is 6.10 Å². The van der Waals surface area contributed by atoms with Crippen LogP contribution >= 0.6 is 0 Å². The second-order valence-corrected chi connectivity index (χ2v) is 4.01. The number of rotatable bonds is 3. The van der Waals surface area contributed by atoms with E-state index in [4.69, 9.17) is 9.84 Å². The van der Waals surface area contributed by atoms with Crippen molar-refractivity contribution in [1.29, 1.82) is 0 Å². The summed E-state index contributed by atoms with van der Waals surface area (Å²) in [6.45, 7) is 3.10. The monoisotopic (exact) mass is 207 g/mol. The van der Waals surface area contributed by atoms with Gasteiger partial charge in [-0.2, -0.15) is 0 Å². The van der Waals surface area contributed by atoms with Crippen molar-refractivity contribution >= 4 is 5.69 Å². The Morgan fingerprint density at radius 2 is 2.40 bits per heavy atom. The molecule has 3 heteroatoms. The van der Waals surface area contributed by atoms with Crippen LogP contribution in [0.3, 0.4) is 0 Å². The van der Waals surface area contributed by atoms with Gasteiger partial charge in [-0.05, 0) is 31.4 Å². The highest BCUT2D eigenvalue weighted by Crippen LogP contribution is 2.26. The van der Waals surface area contributed by atoms with Gasteiger partial charge in [-0.1, -0.05) is 6.07 Å². The maximum absolute atomic E-state index is 9.11. The van der Waals surface area contributed by atoms with E-state index in [2.05, 4.69) is 11.4 Å². The van der Waals surface area contributed by atoms with Gasteiger partial charge in [0.25, 0.3) is 0 Å². The Balaban J connectivity index is 2.07. The number of aliphatic hydroxyl groups is 1. The maximum Gasteiger partial charge on any atom is 0.121 e. The smallest absolute Gasteiger partial charge is 0.121 e. The number of anilines is 1. The predicted molar refractivity (Wildman–Crippen MR) is 60.4 cm³/mol. The molecule has 1 aromatic rings. The van der Waals surface area contributed by atoms with Crippen LogP contribution in [0.5, 0.6) is 5.75 Å². The SMILES string of the molecule is CC(O)COc1ccc2c(c1)NCCC2. The molecule has 0 saturated carbocycles. The molecule has 1 aromatic carbocycles. The molecule has 1 heterocycles. The molecule has 1 atom stereocenters. The van der Waals surface area contributed by atoms with E-state index >= 15 is 0 Å². The van der Waals surface area contributed by atoms with Crippen LogP contribution in [0.1, 0.15) is 18.9 Å². The zero-order valence-electron chi connectivity index (χ0n) is 8.99. The molecule has 0 saturated heterocycles. The Labute approximate surface area is 90.1 Å². The molecular weight excluding hydrogens is 190 g/mol. The number of nitrogens with one attached hydrogen (secondary N) is 1. The third-order valence-corrected chi connectivity index (χ3v) is 2.51. The molecule has 0 aliphatic carbocycles. The third-order valence-electron chi connectivity index (χ3n) is 2.51. The number of hydrogen-bond acceptors (Lipinski definition) is 3. The highest BCUT2D eigenvalue weighted by Gasteiger charge is 2.09. The number of aliphatic hydroxyl groups excluding tert-OH is 1. The molecule has 0 fully saturated rings. The van der Waals surface area contributed by atoms with Crippen LogP contribution in [0, 0.1) is 0 Å². The summed E-state index contributed by atoms with van der Waals surface area (Å²) >= 11 is 0. The molecule has 0 bridgehead atoms. The van der Waals surface area contributed by atoms with Crippen molar-refractivity contribution in [2.45, 2.75) is 25.9 Å². The van der Waals surface area contributed by atoms with Crippen molar-refractivity contribution in [3.8, 4) is 5.75 Å². The van der Waals surface area contributed by atoms with Crippen molar-refractivity contribution < 1.29 is 9.84 Å². The van der Waals surface area contributed by atoms with E-state index in [0.29, 0.717) is 6.61 Å². The predicted octanol–water partition coefficient (Wildman–Crippen LogP) is 1.80. The summed E-state index contributed by atoms with van der Waals surface area (Å²) in [5.74, 6) is 0.823. The van der Waals surface area contributed by atoms with Gasteiger partial charge in [-0.25, -0.2) is 0 Å². The minimum absolute atomic E-state index is 0.346. The standard InChI is InChI=1S/C12H17NO2/c1-9(14)8-15-11-5-4-10-3-2-6-13-12(10)7-11/h4-5,7,9,13-14H,2-3,6,8H2,1H3. The topological polar surface area (TPSA) is 41.5 Å². The minimum Gasteiger partial charge on any atom is -0.491 e. The van der Waals surface area contributed by atoms with Crippen LogP contribution in [0.15, 0.2) is 18.2 Å². The summed E-state index contributed by atoms with van der Waals surface area (Å²) in [4.78, 5) is 0. The largest absolute Gasteiger partial charge is 0.491 e. The van der Waals surface area contributed by atoms with Gasteiger partial charge < -0.3 is 15.2 Å². The van der Waals surface area contributed by atoms with Crippen LogP contribution < -0.4 is 10.1 Å². The molecule has 0 spiro atoms. The van der Waals surface area contributed by atoms with Crippen LogP contribution in [0.2, 0.25) is 0 Å². The highest BCUT2D eigenvalue weighted by molar-refractivity contribution is 5.56. The molecule has 1 unspecified atom stereocenters. The first-order valence-electron chi connectivity index (χ1n) is 5.43. The normalized spacial score (nSPS) is 16.4. The highest BCUT2D eigenvalue weighted by atomic mass is 16.5. The fraction of sp³-hybridized carbons (Fsp3) is 0.500. The van der Waals surface area contributed by atoms with Crippen molar-refractivity contribution in [3.05, 3.63) is 23.8 Å². The van der Waals surface area contributed by atoms with E-state index in [1.165, 1.54) is 17.7 Å². The van der Waals surface area contributed by atoms with Crippen LogP contribution in [0.25, 0.3) is 0 Å². The molecule has 1 aliphatic heterocycles. The first kappa shape index (κ1) is 10.3. The third kappa shape index (κ3) is 2.63. The second kappa shape index (κ2) is 4.53. The molecule has 15 heavy (non-hydrogen) atoms. The van der Waals surface area contributed by atoms with Gasteiger partial charge in [0.1, 0.15) is 12.4 Å². The summed E-state index contributed by atoms with van der Waals surface area (Å²) in [6.07, 6.45) is 1.91. The molecule has 2 rings (SSSR count). The lowest BCUT2D eigenvalue weighted by Gasteiger charge is -2.19. The Kier molecular flexibility index (Phi) is 3.11. The minimum atomic E-state index is -0.422. The zero-order chi connectivity index (χ0) is 10.7. The number of aryl methyl sites for hydroxylation is 1. The van der Waals surface area contributed by atoms with Gasteiger partial charge in [0, 0.05) is 18.3 Å². The number of benzene rings is 1. The van der Waals surface area contributed by atoms with Gasteiger partial charge >= 0.3 is 0 Å². The van der Waals surface area contributed by atoms with Gasteiger partial charge in [-0.3, -0.25) is 0 Å². The molecule has 0 radical (unpaired) electrons. The Morgan fingerprint density at radius 3 is 3.20 bits per heavy atom. The average molecular weight is 207 g/mol. The van der Waals surface area contributed by atoms with Crippen molar-refractivity contribution in [1.82, 2.24) is 0 Å². The second-order valence-electron chi connectivity index (χ2n) is 4.01. The maximum atomic E-state index is 9.11. The summed E-state index contributed by atoms with van der Waals surface area (Å²) in [5, 5.41) is 12.5. The average Bonchev–Trinajstić information content (AvgIpc) is 2.26. The molecule has 0 amide bonds. The van der Waals surface area contributed by atoms with Crippen molar-refractivity contribution in [2.75, 3.05) is 18.5 Å². The molecule has 2 N–H and O–H groups in total. The van der Waals surface area contributed by atoms with E-state index in [-0.39, 0.29) is 0 Å². The van der Waals surface area contributed by atoms with Crippen LogP contribution in [-0.2, 0) is 6.42 Å². The first-order chi connectivity index (χ1) is 7.25. The Bertz CT molecular complexity index is 336. The molecule has 0 aromatic heterocycles. The summed E-state index contributed by atoms with van der Waals surface area (Å²) < 4.78 is 5.44. The van der Waals surface area contributed by atoms with Gasteiger partial charge in [0.15, 0.2) is 0 Å². The Hall–Kier alpha value is -1.22. The lowest BCUT2D eigenvalue weighted by atomic mass is 10.0. The van der Waals surface area contributed by atoms with E-state index < -0.39 is 6.10 Å². The van der Waals surface area contributed by atoms with E-state index in [1.54, 1.807) is 6.92 Å². The summed E-state index contributed by atoms with van der Waals surface area (Å²) in [6, 6.07) is 6.07. The number of fused-ring (bicyclic) bond motifs is 1. The number of hydrogen-bond donors (Lipinski definition) is 2. The molecule has 3 nitrogen and oxygen atoms in total. The number of ether oxygens (including phenoxy) is 1. The lowest BCUT2D eigenvalue weighted by molar-refractivity contribution is 0.123. The van der Waals surface area contributed by atoms with E-state index in [9.17, 15) is 0 Å². The Morgan fingerprint density at radius 1 is 1.53 bits per heavy atom. The van der Waals surface area contributed by atoms with Crippen molar-refractivity contribution in [2.24, 2.45) is 0 Å². The van der Waals surface area contributed by atoms with Gasteiger partial charge in [0.2, 0.25) is 0 Å². The van der Waals surface area contributed by atoms with Crippen LogP contribution in [-0.4, -0.2) is 24.4 Å². The lowest BCUT2D eigenvalue weighted by Crippen LogP contribution is -2.14. The van der Waals surface area contributed by atoms with Crippen molar-refractivity contribution in [3.63, 3.8) is 0 Å². The van der Waals surface area contributed by atoms with Crippen LogP contribution in [0.4, 0.5) is 5.69 Å². The quantitative estimate of drug-likeness (QED) is 0.794. The van der Waals surface area contributed by atoms with Gasteiger partial charge in [-0.15, -0.1) is 0 Å². The van der Waals surface area contributed by atoms with E-state index in [0.717, 1.165) is 18.7 Å².